The first-order chi connectivity index (χ1) is 12.1. The molecule has 0 atom stereocenters. The number of allylic oxidation sites excluding steroid dienone is 1. The summed E-state index contributed by atoms with van der Waals surface area (Å²) in [7, 11) is 0. The molecule has 124 valence electrons. The molecule has 0 saturated heterocycles. The molecule has 2 nitrogen and oxygen atoms in total. The minimum absolute atomic E-state index is 0.0463. The molecule has 0 aliphatic rings. The van der Waals surface area contributed by atoms with E-state index in [1.165, 1.54) is 0 Å². The van der Waals surface area contributed by atoms with Crippen molar-refractivity contribution in [2.75, 3.05) is 0 Å². The minimum atomic E-state index is 0.0463. The highest BCUT2D eigenvalue weighted by Gasteiger charge is 2.11. The summed E-state index contributed by atoms with van der Waals surface area (Å²) in [6.45, 7) is 3.98. The van der Waals surface area contributed by atoms with E-state index in [2.05, 4.69) is 12.1 Å². The molecule has 3 rings (SSSR count). The number of halogens is 1. The molecule has 0 saturated carbocycles. The Balaban J connectivity index is 2.23. The lowest BCUT2D eigenvalue weighted by Gasteiger charge is -2.15. The predicted octanol–water partition coefficient (Wildman–Crippen LogP) is 6.34. The Morgan fingerprint density at radius 3 is 2.60 bits per heavy atom. The lowest BCUT2D eigenvalue weighted by molar-refractivity contribution is 0.242. The molecule has 0 heterocycles. The van der Waals surface area contributed by atoms with Crippen molar-refractivity contribution in [3.63, 3.8) is 0 Å². The molecule has 0 amide bonds. The van der Waals surface area contributed by atoms with E-state index in [1.54, 1.807) is 12.1 Å². The van der Waals surface area contributed by atoms with E-state index in [1.807, 2.05) is 62.4 Å². The summed E-state index contributed by atoms with van der Waals surface area (Å²) in [5.74, 6) is 0.767. The Labute approximate surface area is 152 Å². The van der Waals surface area contributed by atoms with Crippen LogP contribution in [0.15, 0.2) is 60.7 Å². The topological polar surface area (TPSA) is 33.0 Å². The van der Waals surface area contributed by atoms with E-state index in [0.717, 1.165) is 27.6 Å². The van der Waals surface area contributed by atoms with E-state index in [4.69, 9.17) is 16.3 Å². The molecule has 3 heteroatoms. The van der Waals surface area contributed by atoms with Crippen molar-refractivity contribution in [3.05, 3.63) is 76.8 Å². The summed E-state index contributed by atoms with van der Waals surface area (Å²) in [5, 5.41) is 12.4. The summed E-state index contributed by atoms with van der Waals surface area (Å²) in [6.07, 6.45) is 1.93. The summed E-state index contributed by atoms with van der Waals surface area (Å²) in [5.41, 5.74) is 2.24. The lowest BCUT2D eigenvalue weighted by Crippen LogP contribution is -2.06. The Morgan fingerprint density at radius 1 is 1.08 bits per heavy atom. The van der Waals surface area contributed by atoms with Crippen LogP contribution in [0.4, 0.5) is 0 Å². The van der Waals surface area contributed by atoms with Gasteiger partial charge in [-0.05, 0) is 54.5 Å². The van der Waals surface area contributed by atoms with Gasteiger partial charge in [-0.1, -0.05) is 54.1 Å². The number of nitrogens with zero attached hydrogens (tertiary/aromatic N) is 1. The molecule has 0 aliphatic carbocycles. The van der Waals surface area contributed by atoms with Crippen molar-refractivity contribution in [1.29, 1.82) is 5.26 Å². The van der Waals surface area contributed by atoms with Gasteiger partial charge in [0.25, 0.3) is 0 Å². The third-order valence-electron chi connectivity index (χ3n) is 3.84. The molecular formula is C22H18ClNO. The van der Waals surface area contributed by atoms with Crippen LogP contribution >= 0.6 is 11.6 Å². The van der Waals surface area contributed by atoms with Crippen LogP contribution in [-0.4, -0.2) is 6.10 Å². The Morgan fingerprint density at radius 2 is 1.88 bits per heavy atom. The molecule has 3 aromatic carbocycles. The zero-order valence-corrected chi connectivity index (χ0v) is 14.9. The fourth-order valence-electron chi connectivity index (χ4n) is 2.76. The van der Waals surface area contributed by atoms with Crippen molar-refractivity contribution < 1.29 is 4.74 Å². The van der Waals surface area contributed by atoms with Gasteiger partial charge in [0, 0.05) is 10.6 Å². The first-order valence-electron chi connectivity index (χ1n) is 8.14. The molecule has 0 bridgehead atoms. The maximum absolute atomic E-state index is 9.67. The number of hydrogen-bond acceptors (Lipinski definition) is 2. The van der Waals surface area contributed by atoms with E-state index >= 15 is 0 Å². The van der Waals surface area contributed by atoms with Crippen LogP contribution in [0.2, 0.25) is 5.02 Å². The largest absolute Gasteiger partial charge is 0.490 e. The van der Waals surface area contributed by atoms with Crippen LogP contribution < -0.4 is 4.74 Å². The van der Waals surface area contributed by atoms with Crippen LogP contribution in [0.25, 0.3) is 22.4 Å². The van der Waals surface area contributed by atoms with Gasteiger partial charge in [0.05, 0.1) is 17.7 Å². The summed E-state index contributed by atoms with van der Waals surface area (Å²) < 4.78 is 5.98. The summed E-state index contributed by atoms with van der Waals surface area (Å²) in [6, 6.07) is 21.7. The number of hydrogen-bond donors (Lipinski definition) is 0. The van der Waals surface area contributed by atoms with Crippen molar-refractivity contribution >= 4 is 34.0 Å². The van der Waals surface area contributed by atoms with E-state index < -0.39 is 0 Å². The molecule has 3 aromatic rings. The van der Waals surface area contributed by atoms with E-state index in [-0.39, 0.29) is 6.10 Å². The lowest BCUT2D eigenvalue weighted by atomic mass is 9.98. The fourth-order valence-corrected chi connectivity index (χ4v) is 2.95. The Hall–Kier alpha value is -2.76. The number of benzene rings is 3. The van der Waals surface area contributed by atoms with Gasteiger partial charge in [0.1, 0.15) is 5.75 Å². The molecule has 0 fully saturated rings. The maximum atomic E-state index is 9.67. The summed E-state index contributed by atoms with van der Waals surface area (Å²) >= 11 is 6.08. The molecule has 0 radical (unpaired) electrons. The molecule has 0 aromatic heterocycles. The van der Waals surface area contributed by atoms with Gasteiger partial charge in [0.15, 0.2) is 0 Å². The third-order valence-corrected chi connectivity index (χ3v) is 4.07. The SMILES string of the molecule is CC(C)Oc1ccc2ccccc2c1/C=C(\C#N)c1cccc(Cl)c1. The van der Waals surface area contributed by atoms with Crippen molar-refractivity contribution in [2.45, 2.75) is 20.0 Å². The number of rotatable bonds is 4. The average molecular weight is 348 g/mol. The number of nitriles is 1. The van der Waals surface area contributed by atoms with Crippen molar-refractivity contribution in [3.8, 4) is 11.8 Å². The quantitative estimate of drug-likeness (QED) is 0.407. The highest BCUT2D eigenvalue weighted by Crippen LogP contribution is 2.32. The zero-order chi connectivity index (χ0) is 17.8. The molecule has 0 N–H and O–H groups in total. The van der Waals surface area contributed by atoms with Gasteiger partial charge in [-0.3, -0.25) is 0 Å². The monoisotopic (exact) mass is 347 g/mol. The van der Waals surface area contributed by atoms with Crippen molar-refractivity contribution in [2.24, 2.45) is 0 Å². The van der Waals surface area contributed by atoms with Crippen LogP contribution in [0.3, 0.4) is 0 Å². The fraction of sp³-hybridized carbons (Fsp3) is 0.136. The van der Waals surface area contributed by atoms with Gasteiger partial charge in [0.2, 0.25) is 0 Å². The normalized spacial score (nSPS) is 11.6. The van der Waals surface area contributed by atoms with Crippen LogP contribution in [0.5, 0.6) is 5.75 Å². The smallest absolute Gasteiger partial charge is 0.127 e. The van der Waals surface area contributed by atoms with Crippen LogP contribution in [-0.2, 0) is 0 Å². The van der Waals surface area contributed by atoms with Crippen molar-refractivity contribution in [1.82, 2.24) is 0 Å². The molecule has 0 unspecified atom stereocenters. The number of ether oxygens (including phenoxy) is 1. The second-order valence-corrected chi connectivity index (χ2v) is 6.48. The standard InChI is InChI=1S/C22H18ClNO/c1-15(2)25-22-11-10-16-6-3-4-9-20(16)21(22)13-18(14-24)17-7-5-8-19(23)12-17/h3-13,15H,1-2H3/b18-13+. The first-order valence-corrected chi connectivity index (χ1v) is 8.52. The summed E-state index contributed by atoms with van der Waals surface area (Å²) in [4.78, 5) is 0. The zero-order valence-electron chi connectivity index (χ0n) is 14.2. The second-order valence-electron chi connectivity index (χ2n) is 6.05. The van der Waals surface area contributed by atoms with Gasteiger partial charge in [-0.15, -0.1) is 0 Å². The van der Waals surface area contributed by atoms with Gasteiger partial charge in [-0.2, -0.15) is 5.26 Å². The highest BCUT2D eigenvalue weighted by molar-refractivity contribution is 6.30. The molecular weight excluding hydrogens is 330 g/mol. The average Bonchev–Trinajstić information content (AvgIpc) is 2.60. The predicted molar refractivity (Wildman–Crippen MR) is 105 cm³/mol. The van der Waals surface area contributed by atoms with Gasteiger partial charge >= 0.3 is 0 Å². The molecule has 0 aliphatic heterocycles. The van der Waals surface area contributed by atoms with E-state index in [9.17, 15) is 5.26 Å². The van der Waals surface area contributed by atoms with Crippen LogP contribution in [0.1, 0.15) is 25.0 Å². The first kappa shape index (κ1) is 17.1. The number of fused-ring (bicyclic) bond motifs is 1. The molecule has 0 spiro atoms. The highest BCUT2D eigenvalue weighted by atomic mass is 35.5. The maximum Gasteiger partial charge on any atom is 0.127 e. The van der Waals surface area contributed by atoms with E-state index in [0.29, 0.717) is 10.6 Å². The van der Waals surface area contributed by atoms with Crippen LogP contribution in [0, 0.1) is 11.3 Å². The second kappa shape index (κ2) is 7.42. The Kier molecular flexibility index (Phi) is 5.07. The Bertz CT molecular complexity index is 983. The van der Waals surface area contributed by atoms with Gasteiger partial charge in [-0.25, -0.2) is 0 Å². The molecule has 25 heavy (non-hydrogen) atoms. The minimum Gasteiger partial charge on any atom is -0.490 e. The third kappa shape index (κ3) is 3.84. The van der Waals surface area contributed by atoms with Gasteiger partial charge < -0.3 is 4.74 Å².